The standard InChI is InChI=1S/C12H15N3OS/c1-8-9(2)14-15-12(11(8)6-13)16-7-10-4-3-5-17-10/h3-5H,6-7,13H2,1-2H3. The average molecular weight is 249 g/mol. The largest absolute Gasteiger partial charge is 0.471 e. The highest BCUT2D eigenvalue weighted by atomic mass is 32.1. The summed E-state index contributed by atoms with van der Waals surface area (Å²) in [7, 11) is 0. The first-order chi connectivity index (χ1) is 8.22. The van der Waals surface area contributed by atoms with Crippen LogP contribution in [0.1, 0.15) is 21.7 Å². The summed E-state index contributed by atoms with van der Waals surface area (Å²) in [6.45, 7) is 4.85. The van der Waals surface area contributed by atoms with Gasteiger partial charge < -0.3 is 10.5 Å². The van der Waals surface area contributed by atoms with Gasteiger partial charge in [-0.1, -0.05) is 6.07 Å². The number of nitrogens with two attached hydrogens (primary N) is 1. The number of aryl methyl sites for hydroxylation is 1. The quantitative estimate of drug-likeness (QED) is 0.902. The van der Waals surface area contributed by atoms with Crippen molar-refractivity contribution in [2.75, 3.05) is 0 Å². The maximum absolute atomic E-state index is 5.72. The van der Waals surface area contributed by atoms with E-state index in [0.29, 0.717) is 19.0 Å². The lowest BCUT2D eigenvalue weighted by molar-refractivity contribution is 0.289. The predicted octanol–water partition coefficient (Wildman–Crippen LogP) is 2.19. The minimum absolute atomic E-state index is 0.419. The van der Waals surface area contributed by atoms with Crippen LogP contribution in [0.4, 0.5) is 0 Å². The Hall–Kier alpha value is -1.46. The van der Waals surface area contributed by atoms with Crippen molar-refractivity contribution in [3.8, 4) is 5.88 Å². The molecule has 0 aliphatic carbocycles. The van der Waals surface area contributed by atoms with Crippen molar-refractivity contribution in [3.05, 3.63) is 39.2 Å². The summed E-state index contributed by atoms with van der Waals surface area (Å²) in [5.74, 6) is 0.545. The van der Waals surface area contributed by atoms with E-state index < -0.39 is 0 Å². The Balaban J connectivity index is 2.18. The summed E-state index contributed by atoms with van der Waals surface area (Å²) < 4.78 is 5.67. The first-order valence-corrected chi connectivity index (χ1v) is 6.28. The van der Waals surface area contributed by atoms with E-state index in [0.717, 1.165) is 21.7 Å². The number of hydrogen-bond acceptors (Lipinski definition) is 5. The highest BCUT2D eigenvalue weighted by Crippen LogP contribution is 2.21. The molecular formula is C12H15N3OS. The third kappa shape index (κ3) is 2.62. The maximum atomic E-state index is 5.72. The molecule has 90 valence electrons. The molecule has 2 N–H and O–H groups in total. The molecule has 0 aliphatic heterocycles. The van der Waals surface area contributed by atoms with E-state index in [2.05, 4.69) is 10.2 Å². The molecule has 2 aromatic rings. The van der Waals surface area contributed by atoms with E-state index in [1.54, 1.807) is 11.3 Å². The number of thiophene rings is 1. The van der Waals surface area contributed by atoms with Crippen molar-refractivity contribution in [2.45, 2.75) is 27.0 Å². The summed E-state index contributed by atoms with van der Waals surface area (Å²) in [6, 6.07) is 4.03. The Bertz CT molecular complexity index is 497. The van der Waals surface area contributed by atoms with Crippen molar-refractivity contribution in [1.82, 2.24) is 10.2 Å². The molecular weight excluding hydrogens is 234 g/mol. The van der Waals surface area contributed by atoms with Gasteiger partial charge in [0.1, 0.15) is 6.61 Å². The third-order valence-corrected chi connectivity index (χ3v) is 3.53. The molecule has 2 rings (SSSR count). The molecule has 0 amide bonds. The van der Waals surface area contributed by atoms with Crippen LogP contribution >= 0.6 is 11.3 Å². The van der Waals surface area contributed by atoms with Crippen LogP contribution in [-0.2, 0) is 13.2 Å². The van der Waals surface area contributed by atoms with Gasteiger partial charge in [0.15, 0.2) is 0 Å². The van der Waals surface area contributed by atoms with Gasteiger partial charge in [-0.3, -0.25) is 0 Å². The molecule has 2 aromatic heterocycles. The van der Waals surface area contributed by atoms with Gasteiger partial charge in [-0.05, 0) is 30.9 Å². The van der Waals surface area contributed by atoms with Crippen molar-refractivity contribution in [3.63, 3.8) is 0 Å². The summed E-state index contributed by atoms with van der Waals surface area (Å²) >= 11 is 1.66. The third-order valence-electron chi connectivity index (χ3n) is 2.68. The smallest absolute Gasteiger partial charge is 0.238 e. The average Bonchev–Trinajstić information content (AvgIpc) is 2.83. The number of hydrogen-bond donors (Lipinski definition) is 1. The van der Waals surface area contributed by atoms with E-state index >= 15 is 0 Å². The highest BCUT2D eigenvalue weighted by molar-refractivity contribution is 7.09. The fraction of sp³-hybridized carbons (Fsp3) is 0.333. The van der Waals surface area contributed by atoms with E-state index in [4.69, 9.17) is 10.5 Å². The van der Waals surface area contributed by atoms with Crippen LogP contribution in [0.25, 0.3) is 0 Å². The van der Waals surface area contributed by atoms with E-state index in [-0.39, 0.29) is 0 Å². The Morgan fingerprint density at radius 3 is 2.82 bits per heavy atom. The Kier molecular flexibility index (Phi) is 3.71. The topological polar surface area (TPSA) is 61.0 Å². The molecule has 2 heterocycles. The molecule has 0 radical (unpaired) electrons. The van der Waals surface area contributed by atoms with Crippen LogP contribution < -0.4 is 10.5 Å². The summed E-state index contributed by atoms with van der Waals surface area (Å²) in [5, 5.41) is 10.1. The molecule has 0 aromatic carbocycles. The zero-order valence-corrected chi connectivity index (χ0v) is 10.8. The van der Waals surface area contributed by atoms with Crippen molar-refractivity contribution < 1.29 is 4.74 Å². The second-order valence-electron chi connectivity index (χ2n) is 3.77. The van der Waals surface area contributed by atoms with Crippen molar-refractivity contribution >= 4 is 11.3 Å². The summed E-state index contributed by atoms with van der Waals surface area (Å²) in [4.78, 5) is 1.16. The van der Waals surface area contributed by atoms with Crippen LogP contribution in [0.2, 0.25) is 0 Å². The molecule has 5 heteroatoms. The second kappa shape index (κ2) is 5.25. The lowest BCUT2D eigenvalue weighted by atomic mass is 10.1. The lowest BCUT2D eigenvalue weighted by Gasteiger charge is -2.11. The van der Waals surface area contributed by atoms with Crippen molar-refractivity contribution in [2.24, 2.45) is 5.73 Å². The zero-order chi connectivity index (χ0) is 12.3. The highest BCUT2D eigenvalue weighted by Gasteiger charge is 2.11. The molecule has 0 spiro atoms. The first-order valence-electron chi connectivity index (χ1n) is 5.40. The van der Waals surface area contributed by atoms with Gasteiger partial charge in [0, 0.05) is 17.0 Å². The van der Waals surface area contributed by atoms with Crippen molar-refractivity contribution in [1.29, 1.82) is 0 Å². The normalized spacial score (nSPS) is 10.5. The van der Waals surface area contributed by atoms with Gasteiger partial charge in [-0.15, -0.1) is 16.4 Å². The number of rotatable bonds is 4. The molecule has 0 unspecified atom stereocenters. The van der Waals surface area contributed by atoms with Crippen LogP contribution in [0, 0.1) is 13.8 Å². The van der Waals surface area contributed by atoms with Gasteiger partial charge in [0.05, 0.1) is 5.69 Å². The van der Waals surface area contributed by atoms with Gasteiger partial charge in [-0.25, -0.2) is 0 Å². The lowest BCUT2D eigenvalue weighted by Crippen LogP contribution is -2.09. The molecule has 0 saturated carbocycles. The summed E-state index contributed by atoms with van der Waals surface area (Å²) in [5.41, 5.74) is 8.62. The molecule has 0 bridgehead atoms. The monoisotopic (exact) mass is 249 g/mol. The first kappa shape index (κ1) is 12.0. The molecule has 4 nitrogen and oxygen atoms in total. The fourth-order valence-electron chi connectivity index (χ4n) is 1.53. The van der Waals surface area contributed by atoms with E-state index in [1.807, 2.05) is 31.4 Å². The number of aromatic nitrogens is 2. The molecule has 0 aliphatic rings. The SMILES string of the molecule is Cc1nnc(OCc2cccs2)c(CN)c1C. The Labute approximate surface area is 104 Å². The van der Waals surface area contributed by atoms with Gasteiger partial charge in [0.25, 0.3) is 0 Å². The second-order valence-corrected chi connectivity index (χ2v) is 4.80. The Morgan fingerprint density at radius 1 is 1.35 bits per heavy atom. The van der Waals surface area contributed by atoms with Crippen LogP contribution in [0.5, 0.6) is 5.88 Å². The van der Waals surface area contributed by atoms with Crippen LogP contribution in [-0.4, -0.2) is 10.2 Å². The van der Waals surface area contributed by atoms with Crippen LogP contribution in [0.15, 0.2) is 17.5 Å². The number of nitrogens with zero attached hydrogens (tertiary/aromatic N) is 2. The minimum atomic E-state index is 0.419. The Morgan fingerprint density at radius 2 is 2.18 bits per heavy atom. The van der Waals surface area contributed by atoms with Gasteiger partial charge >= 0.3 is 0 Å². The zero-order valence-electron chi connectivity index (χ0n) is 9.93. The summed E-state index contributed by atoms with van der Waals surface area (Å²) in [6.07, 6.45) is 0. The number of ether oxygens (including phenoxy) is 1. The fourth-order valence-corrected chi connectivity index (χ4v) is 2.14. The van der Waals surface area contributed by atoms with E-state index in [9.17, 15) is 0 Å². The molecule has 0 atom stereocenters. The van der Waals surface area contributed by atoms with Gasteiger partial charge in [0.2, 0.25) is 5.88 Å². The molecule has 17 heavy (non-hydrogen) atoms. The molecule has 0 saturated heterocycles. The van der Waals surface area contributed by atoms with Crippen LogP contribution in [0.3, 0.4) is 0 Å². The van der Waals surface area contributed by atoms with Gasteiger partial charge in [-0.2, -0.15) is 5.10 Å². The van der Waals surface area contributed by atoms with E-state index in [1.165, 1.54) is 0 Å². The predicted molar refractivity (Wildman–Crippen MR) is 68.0 cm³/mol. The molecule has 0 fully saturated rings. The maximum Gasteiger partial charge on any atom is 0.238 e. The minimum Gasteiger partial charge on any atom is -0.471 e.